The van der Waals surface area contributed by atoms with Gasteiger partial charge in [-0.3, -0.25) is 9.59 Å². The van der Waals surface area contributed by atoms with E-state index < -0.39 is 18.1 Å². The first-order valence-electron chi connectivity index (χ1n) is 4.85. The quantitative estimate of drug-likeness (QED) is 0.331. The van der Waals surface area contributed by atoms with Gasteiger partial charge in [0.15, 0.2) is 0 Å². The van der Waals surface area contributed by atoms with Gasteiger partial charge in [0.1, 0.15) is 12.3 Å². The SMILES string of the molecule is NC(CCCC(=O)N[C@H](C=O)CS)C(=O)O. The van der Waals surface area contributed by atoms with Gasteiger partial charge in [0.05, 0.1) is 6.04 Å². The summed E-state index contributed by atoms with van der Waals surface area (Å²) in [6, 6.07) is -1.54. The van der Waals surface area contributed by atoms with Crippen molar-refractivity contribution in [3.63, 3.8) is 0 Å². The van der Waals surface area contributed by atoms with Gasteiger partial charge in [0, 0.05) is 12.2 Å². The lowest BCUT2D eigenvalue weighted by Crippen LogP contribution is -2.37. The van der Waals surface area contributed by atoms with Crippen LogP contribution in [0.2, 0.25) is 0 Å². The van der Waals surface area contributed by atoms with E-state index in [0.717, 1.165) is 0 Å². The van der Waals surface area contributed by atoms with Crippen LogP contribution >= 0.6 is 12.6 Å². The highest BCUT2D eigenvalue weighted by Gasteiger charge is 2.13. The van der Waals surface area contributed by atoms with Crippen molar-refractivity contribution < 1.29 is 19.5 Å². The maximum absolute atomic E-state index is 11.2. The first kappa shape index (κ1) is 14.9. The molecule has 0 aliphatic carbocycles. The normalized spacial score (nSPS) is 13.9. The molecule has 0 saturated carbocycles. The summed E-state index contributed by atoms with van der Waals surface area (Å²) >= 11 is 3.88. The van der Waals surface area contributed by atoms with Gasteiger partial charge in [-0.25, -0.2) is 0 Å². The third-order valence-corrected chi connectivity index (χ3v) is 2.34. The summed E-state index contributed by atoms with van der Waals surface area (Å²) in [6.07, 6.45) is 1.36. The number of thiol groups is 1. The molecule has 0 fully saturated rings. The number of hydrogen-bond donors (Lipinski definition) is 4. The van der Waals surface area contributed by atoms with E-state index in [1.54, 1.807) is 0 Å². The summed E-state index contributed by atoms with van der Waals surface area (Å²) in [6.45, 7) is 0. The number of carboxylic acid groups (broad SMARTS) is 1. The summed E-state index contributed by atoms with van der Waals surface area (Å²) in [7, 11) is 0. The van der Waals surface area contributed by atoms with Gasteiger partial charge in [0.2, 0.25) is 5.91 Å². The van der Waals surface area contributed by atoms with E-state index in [4.69, 9.17) is 10.8 Å². The van der Waals surface area contributed by atoms with Crippen LogP contribution in [-0.4, -0.2) is 41.1 Å². The second-order valence-corrected chi connectivity index (χ2v) is 3.69. The molecule has 0 aromatic carbocycles. The number of nitrogens with one attached hydrogen (secondary N) is 1. The van der Waals surface area contributed by atoms with Crippen LogP contribution in [0.3, 0.4) is 0 Å². The van der Waals surface area contributed by atoms with E-state index in [1.807, 2.05) is 0 Å². The largest absolute Gasteiger partial charge is 0.480 e. The Morgan fingerprint density at radius 3 is 2.56 bits per heavy atom. The summed E-state index contributed by atoms with van der Waals surface area (Å²) in [5.41, 5.74) is 5.26. The Balaban J connectivity index is 3.73. The third kappa shape index (κ3) is 6.41. The molecule has 0 saturated heterocycles. The highest BCUT2D eigenvalue weighted by atomic mass is 32.1. The molecule has 6 nitrogen and oxygen atoms in total. The van der Waals surface area contributed by atoms with Crippen LogP contribution < -0.4 is 11.1 Å². The molecule has 2 atom stereocenters. The second kappa shape index (κ2) is 8.12. The molecule has 7 heteroatoms. The van der Waals surface area contributed by atoms with Crippen molar-refractivity contribution in [1.29, 1.82) is 0 Å². The van der Waals surface area contributed by atoms with Crippen molar-refractivity contribution in [2.45, 2.75) is 31.3 Å². The fourth-order valence-corrected chi connectivity index (χ4v) is 1.19. The van der Waals surface area contributed by atoms with Gasteiger partial charge in [-0.1, -0.05) is 0 Å². The molecule has 0 radical (unpaired) electrons. The topological polar surface area (TPSA) is 109 Å². The zero-order chi connectivity index (χ0) is 12.6. The molecule has 0 aromatic heterocycles. The minimum atomic E-state index is -1.08. The van der Waals surface area contributed by atoms with Crippen LogP contribution in [0, 0.1) is 0 Å². The van der Waals surface area contributed by atoms with Gasteiger partial charge in [-0.15, -0.1) is 0 Å². The van der Waals surface area contributed by atoms with Gasteiger partial charge in [-0.2, -0.15) is 12.6 Å². The molecule has 0 aliphatic heterocycles. The summed E-state index contributed by atoms with van der Waals surface area (Å²) in [5, 5.41) is 10.9. The lowest BCUT2D eigenvalue weighted by atomic mass is 10.1. The van der Waals surface area contributed by atoms with Crippen molar-refractivity contribution in [2.75, 3.05) is 5.75 Å². The highest BCUT2D eigenvalue weighted by Crippen LogP contribution is 1.99. The maximum atomic E-state index is 11.2. The zero-order valence-corrected chi connectivity index (χ0v) is 9.65. The van der Waals surface area contributed by atoms with Crippen molar-refractivity contribution in [3.8, 4) is 0 Å². The van der Waals surface area contributed by atoms with Gasteiger partial charge >= 0.3 is 5.97 Å². The Hall–Kier alpha value is -1.08. The smallest absolute Gasteiger partial charge is 0.320 e. The number of carbonyl (C=O) groups excluding carboxylic acids is 2. The van der Waals surface area contributed by atoms with Crippen LogP contribution in [0.1, 0.15) is 19.3 Å². The fraction of sp³-hybridized carbons (Fsp3) is 0.667. The number of nitrogens with two attached hydrogens (primary N) is 1. The first-order valence-corrected chi connectivity index (χ1v) is 5.48. The van der Waals surface area contributed by atoms with Crippen LogP contribution in [0.4, 0.5) is 0 Å². The predicted molar refractivity (Wildman–Crippen MR) is 61.3 cm³/mol. The lowest BCUT2D eigenvalue weighted by molar-refractivity contribution is -0.138. The average molecular weight is 248 g/mol. The monoisotopic (exact) mass is 248 g/mol. The van der Waals surface area contributed by atoms with Crippen molar-refractivity contribution in [1.82, 2.24) is 5.32 Å². The Morgan fingerprint density at radius 2 is 2.12 bits per heavy atom. The molecule has 0 aromatic rings. The molecule has 1 amide bonds. The van der Waals surface area contributed by atoms with Crippen LogP contribution in [0.15, 0.2) is 0 Å². The number of aliphatic carboxylic acids is 1. The summed E-state index contributed by atoms with van der Waals surface area (Å²) in [5.74, 6) is -1.14. The fourth-order valence-electron chi connectivity index (χ4n) is 1.01. The predicted octanol–water partition coefficient (Wildman–Crippen LogP) is -0.818. The van der Waals surface area contributed by atoms with Crippen LogP contribution in [0.5, 0.6) is 0 Å². The van der Waals surface area contributed by atoms with E-state index in [2.05, 4.69) is 17.9 Å². The lowest BCUT2D eigenvalue weighted by Gasteiger charge is -2.10. The summed E-state index contributed by atoms with van der Waals surface area (Å²) < 4.78 is 0. The standard InChI is InChI=1S/C9H16N2O4S/c10-7(9(14)15)2-1-3-8(13)11-6(4-12)5-16/h4,6-7,16H,1-3,5,10H2,(H,11,13)(H,14,15)/t6-,7?/m1/s1. The van der Waals surface area contributed by atoms with E-state index >= 15 is 0 Å². The average Bonchev–Trinajstić information content (AvgIpc) is 2.25. The Bertz CT molecular complexity index is 260. The van der Waals surface area contributed by atoms with Crippen molar-refractivity contribution in [2.24, 2.45) is 5.73 Å². The molecule has 0 heterocycles. The molecule has 0 rings (SSSR count). The Morgan fingerprint density at radius 1 is 1.50 bits per heavy atom. The third-order valence-electron chi connectivity index (χ3n) is 1.94. The molecule has 1 unspecified atom stereocenters. The molecule has 0 bridgehead atoms. The highest BCUT2D eigenvalue weighted by molar-refractivity contribution is 7.80. The van der Waals surface area contributed by atoms with Crippen LogP contribution in [0.25, 0.3) is 0 Å². The van der Waals surface area contributed by atoms with Gasteiger partial charge < -0.3 is 21.0 Å². The van der Waals surface area contributed by atoms with Gasteiger partial charge in [0.25, 0.3) is 0 Å². The number of amides is 1. The molecular weight excluding hydrogens is 232 g/mol. The molecule has 0 aliphatic rings. The molecule has 92 valence electrons. The Labute approximate surface area is 99.0 Å². The van der Waals surface area contributed by atoms with Crippen molar-refractivity contribution in [3.05, 3.63) is 0 Å². The van der Waals surface area contributed by atoms with E-state index in [9.17, 15) is 14.4 Å². The second-order valence-electron chi connectivity index (χ2n) is 3.33. The minimum absolute atomic E-state index is 0.152. The number of aldehydes is 1. The molecular formula is C9H16N2O4S. The first-order chi connectivity index (χ1) is 7.51. The molecule has 16 heavy (non-hydrogen) atoms. The number of carboxylic acids is 1. The molecule has 0 spiro atoms. The summed E-state index contributed by atoms with van der Waals surface area (Å²) in [4.78, 5) is 32.0. The van der Waals surface area contributed by atoms with Gasteiger partial charge in [-0.05, 0) is 12.8 Å². The van der Waals surface area contributed by atoms with E-state index in [1.165, 1.54) is 0 Å². The number of rotatable bonds is 8. The maximum Gasteiger partial charge on any atom is 0.320 e. The van der Waals surface area contributed by atoms with Crippen LogP contribution in [-0.2, 0) is 14.4 Å². The number of hydrogen-bond acceptors (Lipinski definition) is 5. The van der Waals surface area contributed by atoms with E-state index in [0.29, 0.717) is 12.7 Å². The zero-order valence-electron chi connectivity index (χ0n) is 8.76. The van der Waals surface area contributed by atoms with E-state index in [-0.39, 0.29) is 24.5 Å². The van der Waals surface area contributed by atoms with Crippen molar-refractivity contribution >= 4 is 30.8 Å². The number of carbonyl (C=O) groups is 3. The minimum Gasteiger partial charge on any atom is -0.480 e. The molecule has 4 N–H and O–H groups in total. The Kier molecular flexibility index (Phi) is 7.57.